The van der Waals surface area contributed by atoms with Crippen LogP contribution in [0.1, 0.15) is 37.0 Å². The van der Waals surface area contributed by atoms with Crippen molar-refractivity contribution >= 4 is 11.3 Å². The van der Waals surface area contributed by atoms with Gasteiger partial charge in [-0.2, -0.15) is 0 Å². The number of hydrogen-bond donors (Lipinski definition) is 1. The lowest BCUT2D eigenvalue weighted by molar-refractivity contribution is 0.542. The molecule has 0 amide bonds. The van der Waals surface area contributed by atoms with Crippen molar-refractivity contribution in [3.05, 3.63) is 38.1 Å². The maximum atomic E-state index is 12.0. The zero-order valence-electron chi connectivity index (χ0n) is 11.4. The number of H-pyrrole nitrogens is 1. The number of aromatic nitrogens is 2. The monoisotopic (exact) mass is 262 g/mol. The number of hydrogen-bond acceptors (Lipinski definition) is 3. The second-order valence-corrected chi connectivity index (χ2v) is 6.65. The number of nitrogens with zero attached hydrogens (tertiary/aromatic N) is 1. The number of rotatable bonds is 1. The Balaban J connectivity index is 2.72. The third-order valence-corrected chi connectivity index (χ3v) is 3.82. The molecule has 96 valence electrons. The molecule has 18 heavy (non-hydrogen) atoms. The van der Waals surface area contributed by atoms with Gasteiger partial charge in [0.15, 0.2) is 0 Å². The lowest BCUT2D eigenvalue weighted by Crippen LogP contribution is -2.24. The SMILES string of the molecule is Cc1sccc1-c1nc(C(C)(C)C)[nH]c(=O)c1C. The highest BCUT2D eigenvalue weighted by Gasteiger charge is 2.20. The zero-order chi connectivity index (χ0) is 13.5. The van der Waals surface area contributed by atoms with Crippen molar-refractivity contribution in [3.8, 4) is 11.3 Å². The van der Waals surface area contributed by atoms with Crippen LogP contribution >= 0.6 is 11.3 Å². The maximum absolute atomic E-state index is 12.0. The van der Waals surface area contributed by atoms with E-state index in [0.29, 0.717) is 5.56 Å². The topological polar surface area (TPSA) is 45.8 Å². The van der Waals surface area contributed by atoms with Crippen molar-refractivity contribution in [2.24, 2.45) is 0 Å². The Labute approximate surface area is 111 Å². The second-order valence-electron chi connectivity index (χ2n) is 5.53. The van der Waals surface area contributed by atoms with Gasteiger partial charge in [-0.05, 0) is 25.3 Å². The minimum atomic E-state index is -0.161. The summed E-state index contributed by atoms with van der Waals surface area (Å²) in [5.41, 5.74) is 2.35. The quantitative estimate of drug-likeness (QED) is 0.856. The summed E-state index contributed by atoms with van der Waals surface area (Å²) in [5.74, 6) is 0.735. The van der Waals surface area contributed by atoms with Crippen molar-refractivity contribution in [2.45, 2.75) is 40.0 Å². The Morgan fingerprint density at radius 3 is 2.44 bits per heavy atom. The van der Waals surface area contributed by atoms with Crippen LogP contribution in [0, 0.1) is 13.8 Å². The fraction of sp³-hybridized carbons (Fsp3) is 0.429. The van der Waals surface area contributed by atoms with Crippen LogP contribution in [0.15, 0.2) is 16.2 Å². The van der Waals surface area contributed by atoms with Crippen LogP contribution in [0.25, 0.3) is 11.3 Å². The third-order valence-electron chi connectivity index (χ3n) is 2.98. The van der Waals surface area contributed by atoms with Crippen molar-refractivity contribution < 1.29 is 0 Å². The minimum Gasteiger partial charge on any atom is -0.310 e. The summed E-state index contributed by atoms with van der Waals surface area (Å²) >= 11 is 1.67. The van der Waals surface area contributed by atoms with Crippen LogP contribution in [0.3, 0.4) is 0 Å². The molecule has 0 aliphatic rings. The van der Waals surface area contributed by atoms with Gasteiger partial charge < -0.3 is 4.98 Å². The van der Waals surface area contributed by atoms with E-state index in [1.807, 2.05) is 39.1 Å². The maximum Gasteiger partial charge on any atom is 0.254 e. The predicted molar refractivity (Wildman–Crippen MR) is 76.3 cm³/mol. The molecule has 0 atom stereocenters. The average Bonchev–Trinajstić information content (AvgIpc) is 2.67. The van der Waals surface area contributed by atoms with Crippen molar-refractivity contribution in [3.63, 3.8) is 0 Å². The van der Waals surface area contributed by atoms with Gasteiger partial charge in [0.05, 0.1) is 5.69 Å². The number of aryl methyl sites for hydroxylation is 1. The van der Waals surface area contributed by atoms with Crippen LogP contribution in [0.5, 0.6) is 0 Å². The summed E-state index contributed by atoms with van der Waals surface area (Å²) in [6.07, 6.45) is 0. The first kappa shape index (κ1) is 13.0. The molecule has 0 bridgehead atoms. The molecule has 0 unspecified atom stereocenters. The third kappa shape index (κ3) is 2.25. The van der Waals surface area contributed by atoms with Gasteiger partial charge in [0, 0.05) is 21.4 Å². The fourth-order valence-electron chi connectivity index (χ4n) is 1.78. The van der Waals surface area contributed by atoms with Gasteiger partial charge in [-0.3, -0.25) is 4.79 Å². The molecule has 3 nitrogen and oxygen atoms in total. The Hall–Kier alpha value is -1.42. The molecule has 1 N–H and O–H groups in total. The molecule has 2 heterocycles. The van der Waals surface area contributed by atoms with Gasteiger partial charge in [-0.15, -0.1) is 11.3 Å². The Morgan fingerprint density at radius 1 is 1.28 bits per heavy atom. The van der Waals surface area contributed by atoms with E-state index in [4.69, 9.17) is 0 Å². The van der Waals surface area contributed by atoms with E-state index in [2.05, 4.69) is 16.9 Å². The highest BCUT2D eigenvalue weighted by Crippen LogP contribution is 2.28. The van der Waals surface area contributed by atoms with Crippen molar-refractivity contribution in [2.75, 3.05) is 0 Å². The highest BCUT2D eigenvalue weighted by atomic mass is 32.1. The molecule has 0 aliphatic heterocycles. The molecule has 0 saturated carbocycles. The Bertz CT molecular complexity index is 632. The zero-order valence-corrected chi connectivity index (χ0v) is 12.2. The Kier molecular flexibility index (Phi) is 3.15. The van der Waals surface area contributed by atoms with E-state index in [1.54, 1.807) is 11.3 Å². The van der Waals surface area contributed by atoms with Gasteiger partial charge in [0.2, 0.25) is 0 Å². The van der Waals surface area contributed by atoms with Gasteiger partial charge in [0.25, 0.3) is 5.56 Å². The lowest BCUT2D eigenvalue weighted by Gasteiger charge is -2.18. The first-order valence-electron chi connectivity index (χ1n) is 5.96. The summed E-state index contributed by atoms with van der Waals surface area (Å²) < 4.78 is 0. The molecular formula is C14H18N2OS. The first-order valence-corrected chi connectivity index (χ1v) is 6.84. The van der Waals surface area contributed by atoms with Crippen LogP contribution in [0.4, 0.5) is 0 Å². The highest BCUT2D eigenvalue weighted by molar-refractivity contribution is 7.10. The summed E-state index contributed by atoms with van der Waals surface area (Å²) in [5, 5.41) is 2.03. The molecule has 2 rings (SSSR count). The van der Waals surface area contributed by atoms with E-state index in [0.717, 1.165) is 17.1 Å². The summed E-state index contributed by atoms with van der Waals surface area (Å²) in [6, 6.07) is 2.03. The van der Waals surface area contributed by atoms with Gasteiger partial charge in [-0.25, -0.2) is 4.98 Å². The van der Waals surface area contributed by atoms with Crippen LogP contribution in [-0.4, -0.2) is 9.97 Å². The van der Waals surface area contributed by atoms with Gasteiger partial charge in [0.1, 0.15) is 5.82 Å². The molecular weight excluding hydrogens is 244 g/mol. The van der Waals surface area contributed by atoms with Crippen molar-refractivity contribution in [1.29, 1.82) is 0 Å². The molecule has 0 aromatic carbocycles. The minimum absolute atomic E-state index is 0.0458. The van der Waals surface area contributed by atoms with Gasteiger partial charge >= 0.3 is 0 Å². The molecule has 0 radical (unpaired) electrons. The van der Waals surface area contributed by atoms with E-state index < -0.39 is 0 Å². The van der Waals surface area contributed by atoms with E-state index in [9.17, 15) is 4.79 Å². The van der Waals surface area contributed by atoms with Crippen molar-refractivity contribution in [1.82, 2.24) is 9.97 Å². The van der Waals surface area contributed by atoms with Gasteiger partial charge in [-0.1, -0.05) is 20.8 Å². The molecule has 0 saturated heterocycles. The van der Waals surface area contributed by atoms with Crippen LogP contribution in [0.2, 0.25) is 0 Å². The molecule has 2 aromatic rings. The molecule has 2 aromatic heterocycles. The molecule has 0 fully saturated rings. The van der Waals surface area contributed by atoms with Crippen LogP contribution in [-0.2, 0) is 5.41 Å². The Morgan fingerprint density at radius 2 is 1.94 bits per heavy atom. The summed E-state index contributed by atoms with van der Waals surface area (Å²) in [7, 11) is 0. The normalized spacial score (nSPS) is 11.8. The summed E-state index contributed by atoms with van der Waals surface area (Å²) in [6.45, 7) is 10.0. The molecule has 0 aliphatic carbocycles. The smallest absolute Gasteiger partial charge is 0.254 e. The van der Waals surface area contributed by atoms with Crippen LogP contribution < -0.4 is 5.56 Å². The fourth-order valence-corrected chi connectivity index (χ4v) is 2.48. The first-order chi connectivity index (χ1) is 8.30. The summed E-state index contributed by atoms with van der Waals surface area (Å²) in [4.78, 5) is 20.7. The average molecular weight is 262 g/mol. The number of thiophene rings is 1. The predicted octanol–water partition coefficient (Wildman–Crippen LogP) is 3.41. The largest absolute Gasteiger partial charge is 0.310 e. The molecule has 4 heteroatoms. The van der Waals surface area contributed by atoms with E-state index in [-0.39, 0.29) is 11.0 Å². The lowest BCUT2D eigenvalue weighted by atomic mass is 9.95. The standard InChI is InChI=1S/C14H18N2OS/c1-8-11(10-6-7-18-9(10)2)15-13(14(3,4)5)16-12(8)17/h6-7H,1-5H3,(H,15,16,17). The number of nitrogens with one attached hydrogen (secondary N) is 1. The molecule has 0 spiro atoms. The van der Waals surface area contributed by atoms with E-state index in [1.165, 1.54) is 4.88 Å². The van der Waals surface area contributed by atoms with E-state index >= 15 is 0 Å². The number of aromatic amines is 1. The second kappa shape index (κ2) is 4.35.